The minimum atomic E-state index is 0.735. The van der Waals surface area contributed by atoms with Crippen LogP contribution in [0.5, 0.6) is 5.75 Å². The van der Waals surface area contributed by atoms with E-state index in [9.17, 15) is 0 Å². The molecule has 5 rings (SSSR count). The molecule has 162 valence electrons. The van der Waals surface area contributed by atoms with Crippen LogP contribution in [0.2, 0.25) is 5.02 Å². The summed E-state index contributed by atoms with van der Waals surface area (Å²) in [4.78, 5) is 14.3. The molecule has 32 heavy (non-hydrogen) atoms. The number of methoxy groups -OCH3 is 1. The van der Waals surface area contributed by atoms with Gasteiger partial charge in [-0.1, -0.05) is 35.9 Å². The number of halogens is 1. The number of ether oxygens (including phenoxy) is 1. The molecular formula is C25H24ClN5O. The Morgan fingerprint density at radius 3 is 2.25 bits per heavy atom. The summed E-state index contributed by atoms with van der Waals surface area (Å²) in [6.07, 6.45) is 0. The van der Waals surface area contributed by atoms with Crippen molar-refractivity contribution in [3.8, 4) is 5.75 Å². The number of hydrogen-bond donors (Lipinski definition) is 1. The fourth-order valence-corrected chi connectivity index (χ4v) is 4.22. The van der Waals surface area contributed by atoms with E-state index in [1.807, 2.05) is 66.7 Å². The molecule has 0 saturated carbocycles. The lowest BCUT2D eigenvalue weighted by Gasteiger charge is -2.36. The molecule has 0 bridgehead atoms. The van der Waals surface area contributed by atoms with Gasteiger partial charge in [-0.2, -0.15) is 4.98 Å². The standard InChI is InChI=1S/C25H24ClN5O/c1-32-19-12-10-18(11-13-19)27-24-20-6-2-4-8-22(20)28-25(29-24)31-16-14-30(15-17-31)23-9-5-3-7-21(23)26/h2-13H,14-17H2,1H3,(H,27,28,29). The van der Waals surface area contributed by atoms with E-state index in [0.717, 1.165) is 71.0 Å². The number of para-hydroxylation sites is 2. The van der Waals surface area contributed by atoms with Crippen LogP contribution in [0.4, 0.5) is 23.1 Å². The molecule has 1 aromatic heterocycles. The molecule has 7 heteroatoms. The molecule has 1 aliphatic heterocycles. The smallest absolute Gasteiger partial charge is 0.228 e. The molecule has 0 radical (unpaired) electrons. The molecule has 1 fully saturated rings. The number of rotatable bonds is 5. The summed E-state index contributed by atoms with van der Waals surface area (Å²) < 4.78 is 5.26. The summed E-state index contributed by atoms with van der Waals surface area (Å²) in [6, 6.07) is 23.9. The molecule has 0 unspecified atom stereocenters. The van der Waals surface area contributed by atoms with E-state index in [1.165, 1.54) is 0 Å². The number of nitrogens with zero attached hydrogens (tertiary/aromatic N) is 4. The fourth-order valence-electron chi connectivity index (χ4n) is 3.97. The molecule has 0 amide bonds. The van der Waals surface area contributed by atoms with Crippen molar-refractivity contribution in [3.63, 3.8) is 0 Å². The first-order valence-electron chi connectivity index (χ1n) is 10.6. The first-order valence-corrected chi connectivity index (χ1v) is 11.0. The third kappa shape index (κ3) is 4.14. The maximum absolute atomic E-state index is 6.40. The van der Waals surface area contributed by atoms with Crippen LogP contribution in [0.3, 0.4) is 0 Å². The van der Waals surface area contributed by atoms with E-state index in [-0.39, 0.29) is 0 Å². The highest BCUT2D eigenvalue weighted by Crippen LogP contribution is 2.29. The predicted octanol–water partition coefficient (Wildman–Crippen LogP) is 5.36. The van der Waals surface area contributed by atoms with Crippen LogP contribution in [0.1, 0.15) is 0 Å². The van der Waals surface area contributed by atoms with E-state index in [1.54, 1.807) is 7.11 Å². The van der Waals surface area contributed by atoms with Crippen molar-refractivity contribution in [3.05, 3.63) is 77.8 Å². The van der Waals surface area contributed by atoms with Crippen molar-refractivity contribution in [2.24, 2.45) is 0 Å². The lowest BCUT2D eigenvalue weighted by atomic mass is 10.2. The monoisotopic (exact) mass is 445 g/mol. The summed E-state index contributed by atoms with van der Waals surface area (Å²) in [7, 11) is 1.66. The Kier molecular flexibility index (Phi) is 5.69. The zero-order chi connectivity index (χ0) is 21.9. The first-order chi connectivity index (χ1) is 15.7. The average Bonchev–Trinajstić information content (AvgIpc) is 2.85. The highest BCUT2D eigenvalue weighted by Gasteiger charge is 2.21. The number of aromatic nitrogens is 2. The lowest BCUT2D eigenvalue weighted by molar-refractivity contribution is 0.415. The normalized spacial score (nSPS) is 13.9. The van der Waals surface area contributed by atoms with Gasteiger partial charge < -0.3 is 19.9 Å². The van der Waals surface area contributed by atoms with Crippen molar-refractivity contribution in [2.45, 2.75) is 0 Å². The van der Waals surface area contributed by atoms with Crippen molar-refractivity contribution in [1.82, 2.24) is 9.97 Å². The Balaban J connectivity index is 1.40. The van der Waals surface area contributed by atoms with Crippen LogP contribution in [-0.2, 0) is 0 Å². The zero-order valence-electron chi connectivity index (χ0n) is 17.8. The third-order valence-corrected chi connectivity index (χ3v) is 6.02. The molecular weight excluding hydrogens is 422 g/mol. The van der Waals surface area contributed by atoms with Gasteiger partial charge in [-0.3, -0.25) is 0 Å². The second kappa shape index (κ2) is 8.93. The van der Waals surface area contributed by atoms with Crippen LogP contribution in [0.15, 0.2) is 72.8 Å². The molecule has 0 aliphatic carbocycles. The minimum absolute atomic E-state index is 0.735. The Bertz CT molecular complexity index is 1220. The van der Waals surface area contributed by atoms with Gasteiger partial charge in [0.25, 0.3) is 0 Å². The summed E-state index contributed by atoms with van der Waals surface area (Å²) in [5.74, 6) is 2.35. The van der Waals surface area contributed by atoms with Crippen LogP contribution >= 0.6 is 11.6 Å². The molecule has 6 nitrogen and oxygen atoms in total. The van der Waals surface area contributed by atoms with E-state index < -0.39 is 0 Å². The van der Waals surface area contributed by atoms with Crippen LogP contribution in [-0.4, -0.2) is 43.3 Å². The Labute approximate surface area is 192 Å². The largest absolute Gasteiger partial charge is 0.497 e. The summed E-state index contributed by atoms with van der Waals surface area (Å²) in [5, 5.41) is 5.23. The van der Waals surface area contributed by atoms with Crippen molar-refractivity contribution >= 4 is 45.6 Å². The molecule has 1 N–H and O–H groups in total. The van der Waals surface area contributed by atoms with Crippen molar-refractivity contribution in [2.75, 3.05) is 48.4 Å². The van der Waals surface area contributed by atoms with E-state index in [0.29, 0.717) is 0 Å². The predicted molar refractivity (Wildman–Crippen MR) is 132 cm³/mol. The zero-order valence-corrected chi connectivity index (χ0v) is 18.6. The van der Waals surface area contributed by atoms with Crippen LogP contribution in [0.25, 0.3) is 10.9 Å². The van der Waals surface area contributed by atoms with Gasteiger partial charge >= 0.3 is 0 Å². The molecule has 0 atom stereocenters. The highest BCUT2D eigenvalue weighted by molar-refractivity contribution is 6.33. The molecule has 1 aliphatic rings. The molecule has 1 saturated heterocycles. The summed E-state index contributed by atoms with van der Waals surface area (Å²) in [6.45, 7) is 3.37. The number of fused-ring (bicyclic) bond motifs is 1. The summed E-state index contributed by atoms with van der Waals surface area (Å²) >= 11 is 6.40. The van der Waals surface area contributed by atoms with Gasteiger partial charge in [0.05, 0.1) is 23.3 Å². The maximum atomic E-state index is 6.40. The molecule has 2 heterocycles. The number of anilines is 4. The highest BCUT2D eigenvalue weighted by atomic mass is 35.5. The van der Waals surface area contributed by atoms with E-state index in [4.69, 9.17) is 26.3 Å². The van der Waals surface area contributed by atoms with Gasteiger partial charge in [0, 0.05) is 37.3 Å². The van der Waals surface area contributed by atoms with Gasteiger partial charge in [0.15, 0.2) is 0 Å². The average molecular weight is 446 g/mol. The molecule has 3 aromatic carbocycles. The quantitative estimate of drug-likeness (QED) is 0.446. The fraction of sp³-hybridized carbons (Fsp3) is 0.200. The van der Waals surface area contributed by atoms with Gasteiger partial charge in [-0.15, -0.1) is 0 Å². The van der Waals surface area contributed by atoms with Gasteiger partial charge in [-0.25, -0.2) is 4.98 Å². The molecule has 0 spiro atoms. The lowest BCUT2D eigenvalue weighted by Crippen LogP contribution is -2.47. The van der Waals surface area contributed by atoms with Crippen LogP contribution in [0, 0.1) is 0 Å². The second-order valence-electron chi connectivity index (χ2n) is 7.67. The second-order valence-corrected chi connectivity index (χ2v) is 8.08. The van der Waals surface area contributed by atoms with Gasteiger partial charge in [0.1, 0.15) is 11.6 Å². The van der Waals surface area contributed by atoms with Gasteiger partial charge in [-0.05, 0) is 48.5 Å². The van der Waals surface area contributed by atoms with E-state index >= 15 is 0 Å². The number of nitrogens with one attached hydrogen (secondary N) is 1. The van der Waals surface area contributed by atoms with E-state index in [2.05, 4.69) is 21.2 Å². The number of hydrogen-bond acceptors (Lipinski definition) is 6. The Hall–Kier alpha value is -3.51. The third-order valence-electron chi connectivity index (χ3n) is 5.70. The Morgan fingerprint density at radius 2 is 1.50 bits per heavy atom. The number of piperazine rings is 1. The maximum Gasteiger partial charge on any atom is 0.228 e. The number of benzene rings is 3. The first kappa shape index (κ1) is 20.4. The Morgan fingerprint density at radius 1 is 0.812 bits per heavy atom. The minimum Gasteiger partial charge on any atom is -0.497 e. The molecule has 4 aromatic rings. The topological polar surface area (TPSA) is 53.5 Å². The summed E-state index contributed by atoms with van der Waals surface area (Å²) in [5.41, 5.74) is 2.95. The van der Waals surface area contributed by atoms with Crippen LogP contribution < -0.4 is 19.9 Å². The van der Waals surface area contributed by atoms with Crippen molar-refractivity contribution in [1.29, 1.82) is 0 Å². The SMILES string of the molecule is COc1ccc(Nc2nc(N3CCN(c4ccccc4Cl)CC3)nc3ccccc23)cc1. The van der Waals surface area contributed by atoms with Crippen molar-refractivity contribution < 1.29 is 4.74 Å². The van der Waals surface area contributed by atoms with Gasteiger partial charge in [0.2, 0.25) is 5.95 Å².